The molecule has 1 aromatic heterocycles. The number of rotatable bonds is 2. The molecule has 0 unspecified atom stereocenters. The van der Waals surface area contributed by atoms with Gasteiger partial charge in [0.1, 0.15) is 11.3 Å². The minimum Gasteiger partial charge on any atom is -0.496 e. The summed E-state index contributed by atoms with van der Waals surface area (Å²) in [7, 11) is 1.52. The number of nitrogens with zero attached hydrogens (tertiary/aromatic N) is 2. The van der Waals surface area contributed by atoms with Crippen LogP contribution in [0.1, 0.15) is 42.2 Å². The smallest absolute Gasteiger partial charge is 0.259 e. The molecule has 1 saturated heterocycles. The lowest BCUT2D eigenvalue weighted by Crippen LogP contribution is -2.40. The number of aromatic nitrogens is 1. The first-order chi connectivity index (χ1) is 10.1. The van der Waals surface area contributed by atoms with Gasteiger partial charge in [-0.05, 0) is 31.6 Å². The highest BCUT2D eigenvalue weighted by molar-refractivity contribution is 5.98. The van der Waals surface area contributed by atoms with E-state index in [4.69, 9.17) is 4.74 Å². The largest absolute Gasteiger partial charge is 0.496 e. The number of carbonyl (C=O) groups excluding carboxylic acids is 1. The molecule has 0 N–H and O–H groups in total. The Morgan fingerprint density at radius 3 is 2.86 bits per heavy atom. The Bertz CT molecular complexity index is 621. The standard InChI is InChI=1S/C16H22N2O3/c1-11-5-3-7-17(10-11)16(20)15-12-6-4-8-18(12)14(19)9-13(15)21-2/h9,11H,3-8,10H2,1-2H3/t11-/m1/s1. The first-order valence-corrected chi connectivity index (χ1v) is 7.71. The monoisotopic (exact) mass is 290 g/mol. The number of pyridine rings is 1. The number of hydrogen-bond acceptors (Lipinski definition) is 3. The first kappa shape index (κ1) is 14.2. The van der Waals surface area contributed by atoms with Gasteiger partial charge in [0, 0.05) is 31.4 Å². The maximum atomic E-state index is 12.9. The summed E-state index contributed by atoms with van der Waals surface area (Å²) in [5.41, 5.74) is 1.38. The van der Waals surface area contributed by atoms with Crippen molar-refractivity contribution in [3.63, 3.8) is 0 Å². The summed E-state index contributed by atoms with van der Waals surface area (Å²) in [6.45, 7) is 4.47. The van der Waals surface area contributed by atoms with E-state index < -0.39 is 0 Å². The zero-order chi connectivity index (χ0) is 15.0. The number of amides is 1. The number of ether oxygens (including phenoxy) is 1. The lowest BCUT2D eigenvalue weighted by molar-refractivity contribution is 0.0677. The Kier molecular flexibility index (Phi) is 3.74. The van der Waals surface area contributed by atoms with Crippen molar-refractivity contribution in [3.05, 3.63) is 27.7 Å². The van der Waals surface area contributed by atoms with E-state index in [-0.39, 0.29) is 11.5 Å². The third kappa shape index (κ3) is 2.45. The van der Waals surface area contributed by atoms with Crippen molar-refractivity contribution in [1.29, 1.82) is 0 Å². The topological polar surface area (TPSA) is 51.5 Å². The maximum absolute atomic E-state index is 12.9. The van der Waals surface area contributed by atoms with E-state index in [1.54, 1.807) is 4.57 Å². The minimum atomic E-state index is -0.0667. The van der Waals surface area contributed by atoms with E-state index in [9.17, 15) is 9.59 Å². The zero-order valence-corrected chi connectivity index (χ0v) is 12.7. The molecular formula is C16H22N2O3. The Morgan fingerprint density at radius 1 is 1.33 bits per heavy atom. The molecule has 21 heavy (non-hydrogen) atoms. The summed E-state index contributed by atoms with van der Waals surface area (Å²) >= 11 is 0. The Morgan fingerprint density at radius 2 is 2.14 bits per heavy atom. The molecule has 0 saturated carbocycles. The average Bonchev–Trinajstić information content (AvgIpc) is 2.96. The van der Waals surface area contributed by atoms with E-state index in [1.165, 1.54) is 19.6 Å². The van der Waals surface area contributed by atoms with Gasteiger partial charge >= 0.3 is 0 Å². The van der Waals surface area contributed by atoms with Gasteiger partial charge < -0.3 is 14.2 Å². The predicted molar refractivity (Wildman–Crippen MR) is 79.9 cm³/mol. The van der Waals surface area contributed by atoms with Gasteiger partial charge in [-0.15, -0.1) is 0 Å². The molecule has 0 bridgehead atoms. The van der Waals surface area contributed by atoms with Crippen molar-refractivity contribution in [3.8, 4) is 5.75 Å². The molecule has 0 spiro atoms. The second-order valence-electron chi connectivity index (χ2n) is 6.13. The van der Waals surface area contributed by atoms with Crippen LogP contribution in [0.2, 0.25) is 0 Å². The van der Waals surface area contributed by atoms with E-state index in [0.717, 1.165) is 38.0 Å². The number of hydrogen-bond donors (Lipinski definition) is 0. The fraction of sp³-hybridized carbons (Fsp3) is 0.625. The summed E-state index contributed by atoms with van der Waals surface area (Å²) in [6, 6.07) is 1.45. The van der Waals surface area contributed by atoms with E-state index in [0.29, 0.717) is 23.8 Å². The van der Waals surface area contributed by atoms with Crippen LogP contribution in [0.4, 0.5) is 0 Å². The van der Waals surface area contributed by atoms with Crippen molar-refractivity contribution < 1.29 is 9.53 Å². The molecule has 1 fully saturated rings. The van der Waals surface area contributed by atoms with Gasteiger partial charge in [0.05, 0.1) is 7.11 Å². The van der Waals surface area contributed by atoms with Crippen LogP contribution >= 0.6 is 0 Å². The van der Waals surface area contributed by atoms with Crippen LogP contribution in [0.15, 0.2) is 10.9 Å². The number of fused-ring (bicyclic) bond motifs is 1. The fourth-order valence-corrected chi connectivity index (χ4v) is 3.50. The summed E-state index contributed by atoms with van der Waals surface area (Å²) in [6.07, 6.45) is 3.91. The van der Waals surface area contributed by atoms with E-state index >= 15 is 0 Å². The van der Waals surface area contributed by atoms with Crippen molar-refractivity contribution in [2.45, 2.75) is 39.2 Å². The zero-order valence-electron chi connectivity index (χ0n) is 12.7. The number of methoxy groups -OCH3 is 1. The average molecular weight is 290 g/mol. The van der Waals surface area contributed by atoms with E-state index in [2.05, 4.69) is 6.92 Å². The molecule has 114 valence electrons. The Hall–Kier alpha value is -1.78. The molecule has 0 aromatic carbocycles. The third-order valence-corrected chi connectivity index (χ3v) is 4.55. The summed E-state index contributed by atoms with van der Waals surface area (Å²) < 4.78 is 7.05. The van der Waals surface area contributed by atoms with Crippen molar-refractivity contribution in [2.24, 2.45) is 5.92 Å². The van der Waals surface area contributed by atoms with Crippen LogP contribution in [-0.2, 0) is 13.0 Å². The second-order valence-corrected chi connectivity index (χ2v) is 6.13. The van der Waals surface area contributed by atoms with Crippen LogP contribution in [0, 0.1) is 5.92 Å². The quantitative estimate of drug-likeness (QED) is 0.832. The number of carbonyl (C=O) groups is 1. The molecule has 2 aliphatic rings. The van der Waals surface area contributed by atoms with Gasteiger partial charge in [0.15, 0.2) is 0 Å². The summed E-state index contributed by atoms with van der Waals surface area (Å²) in [5, 5.41) is 0. The highest BCUT2D eigenvalue weighted by atomic mass is 16.5. The molecule has 2 aliphatic heterocycles. The van der Waals surface area contributed by atoms with Crippen molar-refractivity contribution >= 4 is 5.91 Å². The minimum absolute atomic E-state index is 0.0176. The van der Waals surface area contributed by atoms with Gasteiger partial charge in [0.25, 0.3) is 11.5 Å². The summed E-state index contributed by atoms with van der Waals surface area (Å²) in [5.74, 6) is 0.980. The van der Waals surface area contributed by atoms with Gasteiger partial charge in [-0.1, -0.05) is 6.92 Å². The molecule has 1 aromatic rings. The number of piperidine rings is 1. The highest BCUT2D eigenvalue weighted by Crippen LogP contribution is 2.28. The predicted octanol–water partition coefficient (Wildman–Crippen LogP) is 1.68. The van der Waals surface area contributed by atoms with Crippen LogP contribution < -0.4 is 10.3 Å². The maximum Gasteiger partial charge on any atom is 0.259 e. The normalized spacial score (nSPS) is 21.2. The fourth-order valence-electron chi connectivity index (χ4n) is 3.50. The number of likely N-dealkylation sites (tertiary alicyclic amines) is 1. The lowest BCUT2D eigenvalue weighted by atomic mass is 9.99. The molecule has 0 radical (unpaired) electrons. The molecule has 3 rings (SSSR count). The van der Waals surface area contributed by atoms with Gasteiger partial charge in [-0.25, -0.2) is 0 Å². The molecule has 1 atom stereocenters. The molecule has 1 amide bonds. The molecule has 5 heteroatoms. The Balaban J connectivity index is 2.03. The van der Waals surface area contributed by atoms with Gasteiger partial charge in [-0.2, -0.15) is 0 Å². The van der Waals surface area contributed by atoms with E-state index in [1.807, 2.05) is 4.90 Å². The Labute approximate surface area is 124 Å². The van der Waals surface area contributed by atoms with Crippen LogP contribution in [0.5, 0.6) is 5.75 Å². The molecule has 3 heterocycles. The van der Waals surface area contributed by atoms with Gasteiger partial charge in [-0.3, -0.25) is 9.59 Å². The van der Waals surface area contributed by atoms with Gasteiger partial charge in [0.2, 0.25) is 0 Å². The van der Waals surface area contributed by atoms with Crippen LogP contribution in [0.25, 0.3) is 0 Å². The van der Waals surface area contributed by atoms with Crippen molar-refractivity contribution in [1.82, 2.24) is 9.47 Å². The lowest BCUT2D eigenvalue weighted by Gasteiger charge is -2.31. The first-order valence-electron chi connectivity index (χ1n) is 7.71. The van der Waals surface area contributed by atoms with Crippen LogP contribution in [-0.4, -0.2) is 35.6 Å². The van der Waals surface area contributed by atoms with Crippen molar-refractivity contribution in [2.75, 3.05) is 20.2 Å². The summed E-state index contributed by atoms with van der Waals surface area (Å²) in [4.78, 5) is 26.9. The molecular weight excluding hydrogens is 268 g/mol. The third-order valence-electron chi connectivity index (χ3n) is 4.55. The second kappa shape index (κ2) is 5.54. The highest BCUT2D eigenvalue weighted by Gasteiger charge is 2.30. The SMILES string of the molecule is COc1cc(=O)n2c(c1C(=O)N1CCC[C@@H](C)C1)CCC2. The molecule has 5 nitrogen and oxygen atoms in total. The van der Waals surface area contributed by atoms with Crippen LogP contribution in [0.3, 0.4) is 0 Å². The molecule has 0 aliphatic carbocycles.